The lowest BCUT2D eigenvalue weighted by Gasteiger charge is -2.16. The molecule has 0 bridgehead atoms. The van der Waals surface area contributed by atoms with E-state index in [0.29, 0.717) is 17.9 Å². The zero-order chi connectivity index (χ0) is 13.9. The fraction of sp³-hybridized carbons (Fsp3) is 0.533. The Morgan fingerprint density at radius 1 is 1.30 bits per heavy atom. The topological polar surface area (TPSA) is 50.4 Å². The maximum absolute atomic E-state index is 12.1. The molecule has 3 unspecified atom stereocenters. The number of para-hydroxylation sites is 1. The van der Waals surface area contributed by atoms with Crippen LogP contribution < -0.4 is 15.4 Å². The van der Waals surface area contributed by atoms with Crippen LogP contribution in [0.4, 0.5) is 4.79 Å². The number of fused-ring (bicyclic) bond motifs is 1. The number of thioether (sulfide) groups is 1. The second kappa shape index (κ2) is 5.95. The van der Waals surface area contributed by atoms with E-state index in [1.807, 2.05) is 36.0 Å². The smallest absolute Gasteiger partial charge is 0.315 e. The van der Waals surface area contributed by atoms with Gasteiger partial charge in [0.1, 0.15) is 12.4 Å². The van der Waals surface area contributed by atoms with E-state index in [-0.39, 0.29) is 12.1 Å². The molecule has 1 aromatic rings. The highest BCUT2D eigenvalue weighted by Gasteiger charge is 2.28. The predicted octanol–water partition coefficient (Wildman–Crippen LogP) is 2.70. The average molecular weight is 292 g/mol. The minimum atomic E-state index is -0.0814. The van der Waals surface area contributed by atoms with E-state index in [0.717, 1.165) is 24.2 Å². The predicted molar refractivity (Wildman–Crippen MR) is 81.3 cm³/mol. The Bertz CT molecular complexity index is 495. The van der Waals surface area contributed by atoms with Crippen molar-refractivity contribution in [1.82, 2.24) is 10.6 Å². The molecule has 0 aromatic heterocycles. The molecule has 1 saturated carbocycles. The van der Waals surface area contributed by atoms with Crippen LogP contribution in [0.5, 0.6) is 5.75 Å². The van der Waals surface area contributed by atoms with E-state index in [4.69, 9.17) is 4.74 Å². The van der Waals surface area contributed by atoms with Gasteiger partial charge in [0.15, 0.2) is 0 Å². The van der Waals surface area contributed by atoms with Crippen molar-refractivity contribution in [2.45, 2.75) is 36.6 Å². The molecule has 2 aliphatic rings. The molecule has 5 heteroatoms. The molecule has 2 amide bonds. The summed E-state index contributed by atoms with van der Waals surface area (Å²) in [7, 11) is 0. The molecule has 20 heavy (non-hydrogen) atoms. The summed E-state index contributed by atoms with van der Waals surface area (Å²) in [6.45, 7) is 0.519. The molecule has 108 valence electrons. The largest absolute Gasteiger partial charge is 0.491 e. The Balaban J connectivity index is 1.53. The van der Waals surface area contributed by atoms with Crippen LogP contribution in [-0.2, 0) is 0 Å². The molecule has 0 saturated heterocycles. The number of hydrogen-bond donors (Lipinski definition) is 2. The first kappa shape index (κ1) is 13.6. The second-order valence-electron chi connectivity index (χ2n) is 5.39. The third kappa shape index (κ3) is 2.87. The molecular weight excluding hydrogens is 272 g/mol. The fourth-order valence-corrected chi connectivity index (χ4v) is 3.75. The lowest BCUT2D eigenvalue weighted by Crippen LogP contribution is -2.43. The van der Waals surface area contributed by atoms with Gasteiger partial charge in [0.25, 0.3) is 0 Å². The number of rotatable bonds is 3. The summed E-state index contributed by atoms with van der Waals surface area (Å²) in [5.41, 5.74) is 1.07. The van der Waals surface area contributed by atoms with Gasteiger partial charge in [-0.3, -0.25) is 0 Å². The summed E-state index contributed by atoms with van der Waals surface area (Å²) < 4.78 is 5.57. The van der Waals surface area contributed by atoms with Gasteiger partial charge in [0.05, 0.1) is 6.04 Å². The third-order valence-corrected chi connectivity index (χ3v) is 5.15. The zero-order valence-corrected chi connectivity index (χ0v) is 12.4. The molecule has 3 atom stereocenters. The van der Waals surface area contributed by atoms with Gasteiger partial charge in [-0.2, -0.15) is 11.8 Å². The van der Waals surface area contributed by atoms with Crippen molar-refractivity contribution in [1.29, 1.82) is 0 Å². The van der Waals surface area contributed by atoms with E-state index >= 15 is 0 Å². The van der Waals surface area contributed by atoms with Gasteiger partial charge in [0.2, 0.25) is 0 Å². The van der Waals surface area contributed by atoms with Gasteiger partial charge in [-0.1, -0.05) is 18.2 Å². The van der Waals surface area contributed by atoms with Crippen molar-refractivity contribution < 1.29 is 9.53 Å². The van der Waals surface area contributed by atoms with E-state index in [9.17, 15) is 4.79 Å². The summed E-state index contributed by atoms with van der Waals surface area (Å²) in [5.74, 6) is 0.876. The SMILES string of the molecule is CSC1CCC(NC(=O)NC2COc3ccccc32)C1. The van der Waals surface area contributed by atoms with E-state index < -0.39 is 0 Å². The Hall–Kier alpha value is -1.36. The van der Waals surface area contributed by atoms with Crippen LogP contribution in [0.15, 0.2) is 24.3 Å². The second-order valence-corrected chi connectivity index (χ2v) is 6.52. The van der Waals surface area contributed by atoms with Crippen LogP contribution in [0, 0.1) is 0 Å². The minimum absolute atomic E-state index is 0.0380. The number of ether oxygens (including phenoxy) is 1. The monoisotopic (exact) mass is 292 g/mol. The van der Waals surface area contributed by atoms with E-state index in [1.54, 1.807) is 0 Å². The Kier molecular flexibility index (Phi) is 4.05. The van der Waals surface area contributed by atoms with Crippen LogP contribution >= 0.6 is 11.8 Å². The molecule has 0 radical (unpaired) electrons. The van der Waals surface area contributed by atoms with Gasteiger partial charge in [-0.15, -0.1) is 0 Å². The van der Waals surface area contributed by atoms with Gasteiger partial charge in [-0.05, 0) is 31.6 Å². The number of hydrogen-bond acceptors (Lipinski definition) is 3. The molecular formula is C15H20N2O2S. The van der Waals surface area contributed by atoms with Crippen molar-refractivity contribution in [2.24, 2.45) is 0 Å². The number of carbonyl (C=O) groups excluding carboxylic acids is 1. The number of benzene rings is 1. The number of urea groups is 1. The molecule has 1 fully saturated rings. The van der Waals surface area contributed by atoms with E-state index in [2.05, 4.69) is 16.9 Å². The van der Waals surface area contributed by atoms with Gasteiger partial charge in [-0.25, -0.2) is 4.79 Å². The van der Waals surface area contributed by atoms with Gasteiger partial charge in [0, 0.05) is 16.9 Å². The van der Waals surface area contributed by atoms with Crippen LogP contribution in [0.25, 0.3) is 0 Å². The summed E-state index contributed by atoms with van der Waals surface area (Å²) >= 11 is 1.90. The highest BCUT2D eigenvalue weighted by molar-refractivity contribution is 7.99. The lowest BCUT2D eigenvalue weighted by atomic mass is 10.1. The normalized spacial score (nSPS) is 27.8. The molecule has 4 nitrogen and oxygen atoms in total. The maximum Gasteiger partial charge on any atom is 0.315 e. The molecule has 1 aliphatic carbocycles. The Labute approximate surface area is 123 Å². The maximum atomic E-state index is 12.1. The molecule has 0 spiro atoms. The first-order chi connectivity index (χ1) is 9.76. The highest BCUT2D eigenvalue weighted by atomic mass is 32.2. The fourth-order valence-electron chi connectivity index (χ4n) is 2.95. The van der Waals surface area contributed by atoms with Crippen molar-refractivity contribution >= 4 is 17.8 Å². The number of carbonyl (C=O) groups is 1. The number of nitrogens with one attached hydrogen (secondary N) is 2. The summed E-state index contributed by atoms with van der Waals surface area (Å²) in [6, 6.07) is 8.06. The highest BCUT2D eigenvalue weighted by Crippen LogP contribution is 2.32. The van der Waals surface area contributed by atoms with Crippen molar-refractivity contribution in [2.75, 3.05) is 12.9 Å². The quantitative estimate of drug-likeness (QED) is 0.900. The minimum Gasteiger partial charge on any atom is -0.491 e. The van der Waals surface area contributed by atoms with Crippen LogP contribution in [0.1, 0.15) is 30.9 Å². The van der Waals surface area contributed by atoms with E-state index in [1.165, 1.54) is 6.42 Å². The molecule has 1 heterocycles. The Morgan fingerprint density at radius 3 is 2.95 bits per heavy atom. The summed E-state index contributed by atoms with van der Waals surface area (Å²) in [6.07, 6.45) is 5.49. The molecule has 1 aromatic carbocycles. The van der Waals surface area contributed by atoms with Crippen molar-refractivity contribution in [3.8, 4) is 5.75 Å². The van der Waals surface area contributed by atoms with Gasteiger partial charge < -0.3 is 15.4 Å². The first-order valence-electron chi connectivity index (χ1n) is 7.08. The molecule has 2 N–H and O–H groups in total. The lowest BCUT2D eigenvalue weighted by molar-refractivity contribution is 0.228. The third-order valence-electron chi connectivity index (χ3n) is 4.06. The molecule has 3 rings (SSSR count). The summed E-state index contributed by atoms with van der Waals surface area (Å²) in [5, 5.41) is 6.79. The van der Waals surface area contributed by atoms with Crippen molar-refractivity contribution in [3.05, 3.63) is 29.8 Å². The summed E-state index contributed by atoms with van der Waals surface area (Å²) in [4.78, 5) is 12.1. The number of amides is 2. The van der Waals surface area contributed by atoms with Crippen LogP contribution in [-0.4, -0.2) is 30.2 Å². The Morgan fingerprint density at radius 2 is 2.15 bits per heavy atom. The zero-order valence-electron chi connectivity index (χ0n) is 11.6. The van der Waals surface area contributed by atoms with Crippen LogP contribution in [0.2, 0.25) is 0 Å². The average Bonchev–Trinajstić information content (AvgIpc) is 3.06. The first-order valence-corrected chi connectivity index (χ1v) is 8.36. The van der Waals surface area contributed by atoms with Crippen molar-refractivity contribution in [3.63, 3.8) is 0 Å². The van der Waals surface area contributed by atoms with Gasteiger partial charge >= 0.3 is 6.03 Å². The van der Waals surface area contributed by atoms with Crippen LogP contribution in [0.3, 0.4) is 0 Å². The standard InChI is InChI=1S/C15H20N2O2S/c1-20-11-7-6-10(8-11)16-15(18)17-13-9-19-14-5-3-2-4-12(13)14/h2-5,10-11,13H,6-9H2,1H3,(H2,16,17,18). The molecule has 1 aliphatic heterocycles.